The van der Waals surface area contributed by atoms with E-state index in [1.54, 1.807) is 11.2 Å². The Kier molecular flexibility index (Phi) is 5.04. The highest BCUT2D eigenvalue weighted by atomic mass is 16.3. The van der Waals surface area contributed by atoms with Crippen LogP contribution in [0.25, 0.3) is 10.9 Å². The predicted octanol–water partition coefficient (Wildman–Crippen LogP) is 4.50. The van der Waals surface area contributed by atoms with Crippen LogP contribution in [0.1, 0.15) is 45.0 Å². The quantitative estimate of drug-likeness (QED) is 0.468. The number of aromatic nitrogens is 1. The van der Waals surface area contributed by atoms with Gasteiger partial charge in [-0.05, 0) is 54.8 Å². The molecule has 156 valence electrons. The number of nitrogens with zero attached hydrogens (tertiary/aromatic N) is 1. The lowest BCUT2D eigenvalue weighted by molar-refractivity contribution is 0.0712. The van der Waals surface area contributed by atoms with Crippen molar-refractivity contribution in [2.75, 3.05) is 0 Å². The largest absolute Gasteiger partial charge is 0.467 e. The SMILES string of the molecule is O=C(NC1CC1)c1ccc(CN(Cc2ccco2)C(=O)c2cc3ccccc3[nH]2)cc1. The monoisotopic (exact) mass is 413 g/mol. The van der Waals surface area contributed by atoms with Gasteiger partial charge in [0.2, 0.25) is 0 Å². The molecule has 0 radical (unpaired) electrons. The van der Waals surface area contributed by atoms with Crippen LogP contribution in [0, 0.1) is 0 Å². The smallest absolute Gasteiger partial charge is 0.271 e. The molecule has 31 heavy (non-hydrogen) atoms. The van der Waals surface area contributed by atoms with Crippen LogP contribution in [-0.2, 0) is 13.1 Å². The van der Waals surface area contributed by atoms with Crippen molar-refractivity contribution >= 4 is 22.7 Å². The number of furan rings is 1. The summed E-state index contributed by atoms with van der Waals surface area (Å²) in [4.78, 5) is 30.5. The minimum atomic E-state index is -0.108. The van der Waals surface area contributed by atoms with E-state index >= 15 is 0 Å². The number of para-hydroxylation sites is 1. The molecule has 2 aromatic carbocycles. The van der Waals surface area contributed by atoms with Gasteiger partial charge in [0.1, 0.15) is 11.5 Å². The number of H-pyrrole nitrogens is 1. The molecule has 6 nitrogen and oxygen atoms in total. The van der Waals surface area contributed by atoms with Gasteiger partial charge in [0.05, 0.1) is 12.8 Å². The van der Waals surface area contributed by atoms with E-state index in [-0.39, 0.29) is 11.8 Å². The van der Waals surface area contributed by atoms with Crippen LogP contribution in [-0.4, -0.2) is 27.7 Å². The number of nitrogens with one attached hydrogen (secondary N) is 2. The number of hydrogen-bond donors (Lipinski definition) is 2. The highest BCUT2D eigenvalue weighted by Gasteiger charge is 2.24. The van der Waals surface area contributed by atoms with Crippen LogP contribution in [0.3, 0.4) is 0 Å². The lowest BCUT2D eigenvalue weighted by atomic mass is 10.1. The number of rotatable bonds is 7. The zero-order chi connectivity index (χ0) is 21.2. The van der Waals surface area contributed by atoms with E-state index in [0.717, 1.165) is 29.3 Å². The molecule has 0 unspecified atom stereocenters. The summed E-state index contributed by atoms with van der Waals surface area (Å²) >= 11 is 0. The van der Waals surface area contributed by atoms with Crippen LogP contribution in [0.2, 0.25) is 0 Å². The molecule has 1 aliphatic carbocycles. The van der Waals surface area contributed by atoms with E-state index in [2.05, 4.69) is 10.3 Å². The van der Waals surface area contributed by atoms with Gasteiger partial charge in [-0.2, -0.15) is 0 Å². The summed E-state index contributed by atoms with van der Waals surface area (Å²) in [6, 6.07) is 21.1. The van der Waals surface area contributed by atoms with Crippen LogP contribution in [0.15, 0.2) is 77.4 Å². The summed E-state index contributed by atoms with van der Waals surface area (Å²) in [6.07, 6.45) is 3.72. The summed E-state index contributed by atoms with van der Waals surface area (Å²) in [7, 11) is 0. The molecule has 5 rings (SSSR count). The maximum absolute atomic E-state index is 13.3. The predicted molar refractivity (Wildman–Crippen MR) is 118 cm³/mol. The number of aromatic amines is 1. The van der Waals surface area contributed by atoms with Crippen molar-refractivity contribution < 1.29 is 14.0 Å². The van der Waals surface area contributed by atoms with E-state index in [0.29, 0.717) is 36.1 Å². The second-order valence-electron chi connectivity index (χ2n) is 7.96. The summed E-state index contributed by atoms with van der Waals surface area (Å²) in [5, 5.41) is 3.99. The molecule has 2 amide bonds. The number of fused-ring (bicyclic) bond motifs is 1. The first-order valence-electron chi connectivity index (χ1n) is 10.4. The molecule has 1 fully saturated rings. The normalized spacial score (nSPS) is 13.3. The molecule has 0 bridgehead atoms. The Hall–Kier alpha value is -3.80. The van der Waals surface area contributed by atoms with Crippen molar-refractivity contribution in [3.8, 4) is 0 Å². The third-order valence-corrected chi connectivity index (χ3v) is 5.48. The van der Waals surface area contributed by atoms with E-state index in [1.807, 2.05) is 66.7 Å². The number of amides is 2. The number of carbonyl (C=O) groups is 2. The molecule has 0 atom stereocenters. The van der Waals surface area contributed by atoms with Gasteiger partial charge in [-0.1, -0.05) is 30.3 Å². The third-order valence-electron chi connectivity index (χ3n) is 5.48. The van der Waals surface area contributed by atoms with E-state index in [9.17, 15) is 9.59 Å². The third kappa shape index (κ3) is 4.38. The molecule has 1 saturated carbocycles. The van der Waals surface area contributed by atoms with Gasteiger partial charge in [0.25, 0.3) is 11.8 Å². The van der Waals surface area contributed by atoms with Crippen molar-refractivity contribution in [1.82, 2.24) is 15.2 Å². The summed E-state index contributed by atoms with van der Waals surface area (Å²) in [5.41, 5.74) is 3.04. The van der Waals surface area contributed by atoms with Crippen molar-refractivity contribution in [2.24, 2.45) is 0 Å². The van der Waals surface area contributed by atoms with E-state index in [4.69, 9.17) is 4.42 Å². The number of benzene rings is 2. The Morgan fingerprint density at radius 1 is 1.00 bits per heavy atom. The zero-order valence-corrected chi connectivity index (χ0v) is 17.0. The van der Waals surface area contributed by atoms with Crippen molar-refractivity contribution in [3.05, 3.63) is 95.6 Å². The van der Waals surface area contributed by atoms with Gasteiger partial charge in [0, 0.05) is 29.1 Å². The summed E-state index contributed by atoms with van der Waals surface area (Å²) in [5.74, 6) is 0.559. The lowest BCUT2D eigenvalue weighted by Gasteiger charge is -2.21. The number of hydrogen-bond acceptors (Lipinski definition) is 3. The minimum absolute atomic E-state index is 0.0457. The molecule has 4 aromatic rings. The zero-order valence-electron chi connectivity index (χ0n) is 17.0. The highest BCUT2D eigenvalue weighted by molar-refractivity contribution is 5.98. The topological polar surface area (TPSA) is 78.3 Å². The maximum atomic E-state index is 13.3. The Labute approximate surface area is 179 Å². The molecule has 6 heteroatoms. The second kappa shape index (κ2) is 8.14. The molecule has 2 N–H and O–H groups in total. The maximum Gasteiger partial charge on any atom is 0.271 e. The highest BCUT2D eigenvalue weighted by Crippen LogP contribution is 2.21. The number of carbonyl (C=O) groups excluding carboxylic acids is 2. The summed E-state index contributed by atoms with van der Waals surface area (Å²) in [6.45, 7) is 0.755. The Morgan fingerprint density at radius 2 is 1.81 bits per heavy atom. The Morgan fingerprint density at radius 3 is 2.52 bits per heavy atom. The fraction of sp³-hybridized carbons (Fsp3) is 0.200. The van der Waals surface area contributed by atoms with Crippen LogP contribution in [0.5, 0.6) is 0 Å². The van der Waals surface area contributed by atoms with Gasteiger partial charge in [-0.25, -0.2) is 0 Å². The molecular formula is C25H23N3O3. The average Bonchev–Trinajstić information content (AvgIpc) is 3.26. The fourth-order valence-electron chi connectivity index (χ4n) is 3.63. The first-order chi connectivity index (χ1) is 15.2. The van der Waals surface area contributed by atoms with Crippen LogP contribution in [0.4, 0.5) is 0 Å². The van der Waals surface area contributed by atoms with E-state index in [1.165, 1.54) is 0 Å². The standard InChI is InChI=1S/C25H23N3O3/c29-24(26-20-11-12-20)18-9-7-17(8-10-18)15-28(16-21-5-3-13-31-21)25(30)23-14-19-4-1-2-6-22(19)27-23/h1-10,13-14,20,27H,11-12,15-16H2,(H,26,29). The summed E-state index contributed by atoms with van der Waals surface area (Å²) < 4.78 is 5.48. The van der Waals surface area contributed by atoms with E-state index < -0.39 is 0 Å². The van der Waals surface area contributed by atoms with Gasteiger partial charge >= 0.3 is 0 Å². The van der Waals surface area contributed by atoms with Gasteiger partial charge in [-0.3, -0.25) is 9.59 Å². The molecule has 2 aromatic heterocycles. The molecule has 0 saturated heterocycles. The fourth-order valence-corrected chi connectivity index (χ4v) is 3.63. The second-order valence-corrected chi connectivity index (χ2v) is 7.96. The molecule has 0 spiro atoms. The first kappa shape index (κ1) is 19.2. The lowest BCUT2D eigenvalue weighted by Crippen LogP contribution is -2.30. The molecule has 0 aliphatic heterocycles. The van der Waals surface area contributed by atoms with Gasteiger partial charge in [-0.15, -0.1) is 0 Å². The van der Waals surface area contributed by atoms with Crippen LogP contribution >= 0.6 is 0 Å². The Balaban J connectivity index is 1.36. The van der Waals surface area contributed by atoms with Gasteiger partial charge in [0.15, 0.2) is 0 Å². The molecular weight excluding hydrogens is 390 g/mol. The minimum Gasteiger partial charge on any atom is -0.467 e. The average molecular weight is 413 g/mol. The first-order valence-corrected chi connectivity index (χ1v) is 10.4. The van der Waals surface area contributed by atoms with Gasteiger partial charge < -0.3 is 19.6 Å². The molecule has 2 heterocycles. The molecule has 1 aliphatic rings. The van der Waals surface area contributed by atoms with Crippen molar-refractivity contribution in [2.45, 2.75) is 32.0 Å². The van der Waals surface area contributed by atoms with Crippen molar-refractivity contribution in [3.63, 3.8) is 0 Å². The Bertz CT molecular complexity index is 1170. The van der Waals surface area contributed by atoms with Crippen molar-refractivity contribution in [1.29, 1.82) is 0 Å². The van der Waals surface area contributed by atoms with Crippen LogP contribution < -0.4 is 5.32 Å².